The molecule has 0 saturated carbocycles. The van der Waals surface area contributed by atoms with E-state index in [4.69, 9.17) is 11.6 Å². The summed E-state index contributed by atoms with van der Waals surface area (Å²) in [7, 11) is 0. The molecule has 1 atom stereocenters. The van der Waals surface area contributed by atoms with Gasteiger partial charge in [0.05, 0.1) is 5.54 Å². The van der Waals surface area contributed by atoms with E-state index in [1.165, 1.54) is 11.1 Å². The molecule has 38 heavy (non-hydrogen) atoms. The number of aromatic amines is 1. The van der Waals surface area contributed by atoms with Gasteiger partial charge in [0.1, 0.15) is 6.04 Å². The fourth-order valence-corrected chi connectivity index (χ4v) is 5.45. The number of halogens is 1. The van der Waals surface area contributed by atoms with Crippen LogP contribution in [-0.2, 0) is 12.0 Å². The first-order chi connectivity index (χ1) is 18.2. The van der Waals surface area contributed by atoms with E-state index in [-0.39, 0.29) is 17.1 Å². The maximum atomic E-state index is 13.6. The molecule has 1 saturated heterocycles. The summed E-state index contributed by atoms with van der Waals surface area (Å²) in [5.74, 6) is 0.695. The average molecular weight is 534 g/mol. The fraction of sp³-hybridized carbons (Fsp3) is 0.448. The molecule has 1 aliphatic rings. The first kappa shape index (κ1) is 26.4. The van der Waals surface area contributed by atoms with Crippen molar-refractivity contribution in [3.63, 3.8) is 0 Å². The maximum Gasteiger partial charge on any atom is 0.253 e. The topological polar surface area (TPSA) is 82.9 Å². The molecule has 4 aromatic rings. The van der Waals surface area contributed by atoms with Crippen LogP contribution >= 0.6 is 11.6 Å². The Morgan fingerprint density at radius 3 is 2.53 bits per heavy atom. The highest BCUT2D eigenvalue weighted by Crippen LogP contribution is 2.33. The maximum absolute atomic E-state index is 13.6. The Kier molecular flexibility index (Phi) is 7.29. The number of nitrogens with zero attached hydrogens (tertiary/aromatic N) is 6. The molecule has 1 aliphatic heterocycles. The zero-order valence-corrected chi connectivity index (χ0v) is 23.6. The highest BCUT2D eigenvalue weighted by molar-refractivity contribution is 6.30. The number of hydrogen-bond acceptors (Lipinski definition) is 6. The van der Waals surface area contributed by atoms with Gasteiger partial charge in [-0.05, 0) is 90.9 Å². The van der Waals surface area contributed by atoms with Crippen molar-refractivity contribution in [1.29, 1.82) is 0 Å². The Morgan fingerprint density at radius 1 is 1.05 bits per heavy atom. The van der Waals surface area contributed by atoms with Crippen LogP contribution in [-0.4, -0.2) is 56.3 Å². The Labute approximate surface area is 228 Å². The van der Waals surface area contributed by atoms with Crippen molar-refractivity contribution in [2.75, 3.05) is 31.1 Å². The highest BCUT2D eigenvalue weighted by Gasteiger charge is 2.36. The van der Waals surface area contributed by atoms with Gasteiger partial charge < -0.3 is 9.88 Å². The molecule has 0 amide bonds. The molecule has 1 fully saturated rings. The lowest BCUT2D eigenvalue weighted by molar-refractivity contribution is 0.186. The minimum atomic E-state index is -0.378. The SMILES string of the molecule is CCc1ccc2[nH]c(=O)c([C@H](c3nnnn3C(C)(C)CC)N3CCN(c4cc(Cl)ccc4C)CC3)cc2c1. The molecular formula is C29H36ClN7O. The lowest BCUT2D eigenvalue weighted by Gasteiger charge is -2.40. The number of rotatable bonds is 7. The van der Waals surface area contributed by atoms with Gasteiger partial charge in [-0.1, -0.05) is 37.6 Å². The van der Waals surface area contributed by atoms with Gasteiger partial charge in [-0.3, -0.25) is 9.69 Å². The van der Waals surface area contributed by atoms with Gasteiger partial charge in [0.2, 0.25) is 0 Å². The fourth-order valence-electron chi connectivity index (χ4n) is 5.28. The second-order valence-electron chi connectivity index (χ2n) is 10.8. The number of pyridine rings is 1. The third-order valence-corrected chi connectivity index (χ3v) is 8.24. The molecular weight excluding hydrogens is 498 g/mol. The Hall–Kier alpha value is -3.23. The van der Waals surface area contributed by atoms with Gasteiger partial charge in [-0.2, -0.15) is 0 Å². The predicted octanol–water partition coefficient (Wildman–Crippen LogP) is 5.10. The number of anilines is 1. The van der Waals surface area contributed by atoms with Crippen molar-refractivity contribution < 1.29 is 0 Å². The molecule has 0 bridgehead atoms. The zero-order valence-electron chi connectivity index (χ0n) is 22.8. The molecule has 8 nitrogen and oxygen atoms in total. The van der Waals surface area contributed by atoms with E-state index in [0.717, 1.165) is 60.6 Å². The molecule has 2 aromatic heterocycles. The largest absolute Gasteiger partial charge is 0.369 e. The highest BCUT2D eigenvalue weighted by atomic mass is 35.5. The monoisotopic (exact) mass is 533 g/mol. The number of aryl methyl sites for hydroxylation is 2. The standard InChI is InChI=1S/C29H36ClN7O/c1-6-20-9-11-24-21(16-20)17-23(28(38)31-24)26(27-32-33-34-37(27)29(4,5)7-2)36-14-12-35(13-15-36)25-18-22(30)10-8-19(25)3/h8-11,16-18,26H,6-7,12-15H2,1-5H3,(H,31,38)/t26-/m1/s1. The normalized spacial score (nSPS) is 15.8. The number of nitrogens with one attached hydrogen (secondary N) is 1. The molecule has 1 N–H and O–H groups in total. The third-order valence-electron chi connectivity index (χ3n) is 8.01. The van der Waals surface area contributed by atoms with Gasteiger partial charge in [-0.15, -0.1) is 5.10 Å². The second kappa shape index (κ2) is 10.5. The number of piperazine rings is 1. The van der Waals surface area contributed by atoms with Crippen LogP contribution < -0.4 is 10.5 Å². The van der Waals surface area contributed by atoms with Crippen molar-refractivity contribution in [3.05, 3.63) is 80.4 Å². The van der Waals surface area contributed by atoms with Gasteiger partial charge in [-0.25, -0.2) is 4.68 Å². The molecule has 0 aliphatic carbocycles. The first-order valence-electron chi connectivity index (χ1n) is 13.4. The number of H-pyrrole nitrogens is 1. The van der Waals surface area contributed by atoms with E-state index in [1.807, 2.05) is 28.9 Å². The van der Waals surface area contributed by atoms with Crippen LogP contribution in [0.5, 0.6) is 0 Å². The lowest BCUT2D eigenvalue weighted by atomic mass is 9.98. The van der Waals surface area contributed by atoms with Crippen LogP contribution in [0.3, 0.4) is 0 Å². The Balaban J connectivity index is 1.57. The van der Waals surface area contributed by atoms with E-state index >= 15 is 0 Å². The molecule has 200 valence electrons. The van der Waals surface area contributed by atoms with Crippen LogP contribution in [0.25, 0.3) is 10.9 Å². The van der Waals surface area contributed by atoms with Crippen molar-refractivity contribution in [2.24, 2.45) is 0 Å². The second-order valence-corrected chi connectivity index (χ2v) is 11.2. The zero-order chi connectivity index (χ0) is 27.0. The Bertz CT molecular complexity index is 1500. The average Bonchev–Trinajstić information content (AvgIpc) is 3.41. The summed E-state index contributed by atoms with van der Waals surface area (Å²) in [4.78, 5) is 21.4. The van der Waals surface area contributed by atoms with Crippen LogP contribution in [0.15, 0.2) is 47.3 Å². The quantitative estimate of drug-likeness (QED) is 0.356. The summed E-state index contributed by atoms with van der Waals surface area (Å²) in [6, 6.07) is 13.9. The molecule has 0 spiro atoms. The molecule has 0 unspecified atom stereocenters. The van der Waals surface area contributed by atoms with Crippen LogP contribution in [0, 0.1) is 6.92 Å². The van der Waals surface area contributed by atoms with Gasteiger partial charge in [0.15, 0.2) is 5.82 Å². The van der Waals surface area contributed by atoms with Crippen molar-refractivity contribution in [3.8, 4) is 0 Å². The number of hydrogen-bond donors (Lipinski definition) is 1. The number of benzene rings is 2. The molecule has 5 rings (SSSR count). The summed E-state index contributed by atoms with van der Waals surface area (Å²) in [6.07, 6.45) is 1.79. The van der Waals surface area contributed by atoms with Crippen LogP contribution in [0.4, 0.5) is 5.69 Å². The summed E-state index contributed by atoms with van der Waals surface area (Å²) < 4.78 is 1.90. The van der Waals surface area contributed by atoms with Gasteiger partial charge in [0.25, 0.3) is 5.56 Å². The number of fused-ring (bicyclic) bond motifs is 1. The van der Waals surface area contributed by atoms with Gasteiger partial charge in [0, 0.05) is 48.0 Å². The van der Waals surface area contributed by atoms with E-state index in [1.54, 1.807) is 0 Å². The molecule has 9 heteroatoms. The third kappa shape index (κ3) is 4.95. The summed E-state index contributed by atoms with van der Waals surface area (Å²) >= 11 is 6.32. The van der Waals surface area contributed by atoms with E-state index in [2.05, 4.69) is 83.1 Å². The first-order valence-corrected chi connectivity index (χ1v) is 13.8. The summed E-state index contributed by atoms with van der Waals surface area (Å²) in [6.45, 7) is 13.7. The molecule has 2 aromatic carbocycles. The minimum Gasteiger partial charge on any atom is -0.369 e. The molecule has 0 radical (unpaired) electrons. The Morgan fingerprint density at radius 2 is 1.82 bits per heavy atom. The van der Waals surface area contributed by atoms with Gasteiger partial charge >= 0.3 is 0 Å². The lowest BCUT2D eigenvalue weighted by Crippen LogP contribution is -2.49. The van der Waals surface area contributed by atoms with Crippen molar-refractivity contribution in [2.45, 2.75) is 59.0 Å². The smallest absolute Gasteiger partial charge is 0.253 e. The van der Waals surface area contributed by atoms with E-state index in [0.29, 0.717) is 11.4 Å². The van der Waals surface area contributed by atoms with Crippen molar-refractivity contribution >= 4 is 28.2 Å². The number of tetrazole rings is 1. The van der Waals surface area contributed by atoms with Crippen molar-refractivity contribution in [1.82, 2.24) is 30.1 Å². The van der Waals surface area contributed by atoms with Crippen LogP contribution in [0.2, 0.25) is 5.02 Å². The number of aromatic nitrogens is 5. The summed E-state index contributed by atoms with van der Waals surface area (Å²) in [5.41, 5.74) is 4.69. The predicted molar refractivity (Wildman–Crippen MR) is 153 cm³/mol. The minimum absolute atomic E-state index is 0.108. The van der Waals surface area contributed by atoms with Crippen LogP contribution in [0.1, 0.15) is 62.7 Å². The van der Waals surface area contributed by atoms with E-state index < -0.39 is 0 Å². The summed E-state index contributed by atoms with van der Waals surface area (Å²) in [5, 5.41) is 14.7. The van der Waals surface area contributed by atoms with E-state index in [9.17, 15) is 4.79 Å². The molecule has 3 heterocycles.